The number of thiazole rings is 1. The maximum Gasteiger partial charge on any atom is 0.329 e. The fourth-order valence-corrected chi connectivity index (χ4v) is 2.99. The predicted molar refractivity (Wildman–Crippen MR) is 72.5 cm³/mol. The smallest absolute Gasteiger partial charge is 0.329 e. The summed E-state index contributed by atoms with van der Waals surface area (Å²) in [5.74, 6) is -0.960. The Morgan fingerprint density at radius 2 is 2.05 bits per heavy atom. The second-order valence-electron chi connectivity index (χ2n) is 4.82. The summed E-state index contributed by atoms with van der Waals surface area (Å²) >= 11 is 1.32. The highest BCUT2D eigenvalue weighted by atomic mass is 32.1. The lowest BCUT2D eigenvalue weighted by Gasteiger charge is -2.33. The molecule has 1 fully saturated rings. The van der Waals surface area contributed by atoms with E-state index in [0.717, 1.165) is 25.0 Å². The predicted octanol–water partition coefficient (Wildman–Crippen LogP) is 2.36. The Kier molecular flexibility index (Phi) is 4.04. The molecule has 1 aliphatic carbocycles. The Morgan fingerprint density at radius 1 is 1.37 bits per heavy atom. The number of carboxylic acid groups (broad SMARTS) is 1. The van der Waals surface area contributed by atoms with Crippen molar-refractivity contribution in [2.45, 2.75) is 44.6 Å². The van der Waals surface area contributed by atoms with Gasteiger partial charge in [0.1, 0.15) is 5.54 Å². The number of nitrogens with zero attached hydrogens (tertiary/aromatic N) is 1. The van der Waals surface area contributed by atoms with Gasteiger partial charge in [-0.1, -0.05) is 19.3 Å². The van der Waals surface area contributed by atoms with Crippen molar-refractivity contribution in [1.82, 2.24) is 10.3 Å². The molecule has 1 aliphatic rings. The fraction of sp³-hybridized carbons (Fsp3) is 0.583. The van der Waals surface area contributed by atoms with Gasteiger partial charge in [-0.2, -0.15) is 0 Å². The number of aryl methyl sites for hydroxylation is 1. The van der Waals surface area contributed by atoms with E-state index in [9.17, 15) is 14.7 Å². The molecule has 0 aliphatic heterocycles. The van der Waals surface area contributed by atoms with Gasteiger partial charge in [0.15, 0.2) is 5.13 Å². The molecule has 1 saturated carbocycles. The van der Waals surface area contributed by atoms with Crippen LogP contribution < -0.4 is 10.6 Å². The van der Waals surface area contributed by atoms with E-state index in [0.29, 0.717) is 18.0 Å². The summed E-state index contributed by atoms with van der Waals surface area (Å²) in [4.78, 5) is 27.4. The molecule has 1 aromatic rings. The normalized spacial score (nSPS) is 17.7. The average molecular weight is 283 g/mol. The standard InChI is InChI=1S/C12H17N3O3S/c1-8-7-19-11(13-8)14-10(18)15-12(9(16)17)5-3-2-4-6-12/h7H,2-6H2,1H3,(H,16,17)(H2,13,14,15,18). The molecule has 19 heavy (non-hydrogen) atoms. The largest absolute Gasteiger partial charge is 0.480 e. The van der Waals surface area contributed by atoms with Crippen LogP contribution in [0.4, 0.5) is 9.93 Å². The van der Waals surface area contributed by atoms with Crippen molar-refractivity contribution in [3.8, 4) is 0 Å². The van der Waals surface area contributed by atoms with Crippen LogP contribution in [0, 0.1) is 6.92 Å². The Bertz CT molecular complexity index is 480. The van der Waals surface area contributed by atoms with Gasteiger partial charge >= 0.3 is 12.0 Å². The number of rotatable bonds is 3. The van der Waals surface area contributed by atoms with Crippen LogP contribution in [0.1, 0.15) is 37.8 Å². The van der Waals surface area contributed by atoms with E-state index in [1.165, 1.54) is 11.3 Å². The maximum absolute atomic E-state index is 11.9. The van der Waals surface area contributed by atoms with Crippen LogP contribution in [0.25, 0.3) is 0 Å². The zero-order valence-corrected chi connectivity index (χ0v) is 11.5. The minimum Gasteiger partial charge on any atom is -0.480 e. The van der Waals surface area contributed by atoms with Gasteiger partial charge in [-0.25, -0.2) is 14.6 Å². The number of hydrogen-bond acceptors (Lipinski definition) is 4. The fourth-order valence-electron chi connectivity index (χ4n) is 2.30. The van der Waals surface area contributed by atoms with E-state index in [1.807, 2.05) is 12.3 Å². The third-order valence-electron chi connectivity index (χ3n) is 3.31. The number of aliphatic carboxylic acids is 1. The summed E-state index contributed by atoms with van der Waals surface area (Å²) in [5, 5.41) is 16.8. The minimum absolute atomic E-state index is 0.478. The van der Waals surface area contributed by atoms with Crippen molar-refractivity contribution < 1.29 is 14.7 Å². The van der Waals surface area contributed by atoms with Crippen LogP contribution >= 0.6 is 11.3 Å². The van der Waals surface area contributed by atoms with E-state index in [2.05, 4.69) is 15.6 Å². The molecule has 2 rings (SSSR count). The van der Waals surface area contributed by atoms with Crippen molar-refractivity contribution in [1.29, 1.82) is 0 Å². The zero-order valence-electron chi connectivity index (χ0n) is 10.7. The highest BCUT2D eigenvalue weighted by Gasteiger charge is 2.41. The first-order chi connectivity index (χ1) is 9.02. The number of nitrogens with one attached hydrogen (secondary N) is 2. The molecule has 1 heterocycles. The first-order valence-corrected chi connectivity index (χ1v) is 7.14. The lowest BCUT2D eigenvalue weighted by molar-refractivity contribution is -0.145. The summed E-state index contributed by atoms with van der Waals surface area (Å²) < 4.78 is 0. The molecule has 0 atom stereocenters. The minimum atomic E-state index is -1.13. The Balaban J connectivity index is 2.01. The monoisotopic (exact) mass is 283 g/mol. The second-order valence-corrected chi connectivity index (χ2v) is 5.68. The molecule has 0 spiro atoms. The number of anilines is 1. The molecule has 0 radical (unpaired) electrons. The van der Waals surface area contributed by atoms with Crippen molar-refractivity contribution in [2.24, 2.45) is 0 Å². The van der Waals surface area contributed by atoms with E-state index in [-0.39, 0.29) is 0 Å². The first-order valence-electron chi connectivity index (χ1n) is 6.26. The highest BCUT2D eigenvalue weighted by molar-refractivity contribution is 7.13. The number of carbonyl (C=O) groups excluding carboxylic acids is 1. The van der Waals surface area contributed by atoms with Crippen molar-refractivity contribution in [3.05, 3.63) is 11.1 Å². The molecular formula is C12H17N3O3S. The molecule has 3 N–H and O–H groups in total. The molecule has 2 amide bonds. The average Bonchev–Trinajstić information content (AvgIpc) is 2.75. The Labute approximate surface area is 115 Å². The van der Waals surface area contributed by atoms with Gasteiger partial charge in [0, 0.05) is 5.38 Å². The summed E-state index contributed by atoms with van der Waals surface area (Å²) in [5.41, 5.74) is -0.305. The third kappa shape index (κ3) is 3.23. The molecular weight excluding hydrogens is 266 g/mol. The van der Waals surface area contributed by atoms with Crippen LogP contribution in [-0.2, 0) is 4.79 Å². The van der Waals surface area contributed by atoms with Gasteiger partial charge in [0.2, 0.25) is 0 Å². The van der Waals surface area contributed by atoms with Gasteiger partial charge in [-0.3, -0.25) is 5.32 Å². The van der Waals surface area contributed by atoms with Crippen LogP contribution in [0.2, 0.25) is 0 Å². The van der Waals surface area contributed by atoms with E-state index < -0.39 is 17.5 Å². The SMILES string of the molecule is Cc1csc(NC(=O)NC2(C(=O)O)CCCCC2)n1. The molecule has 7 heteroatoms. The van der Waals surface area contributed by atoms with Crippen LogP contribution in [0.15, 0.2) is 5.38 Å². The van der Waals surface area contributed by atoms with Gasteiger partial charge in [-0.05, 0) is 19.8 Å². The number of aromatic nitrogens is 1. The van der Waals surface area contributed by atoms with Crippen molar-refractivity contribution in [3.63, 3.8) is 0 Å². The van der Waals surface area contributed by atoms with Crippen molar-refractivity contribution >= 4 is 28.5 Å². The molecule has 6 nitrogen and oxygen atoms in total. The third-order valence-corrected chi connectivity index (χ3v) is 4.18. The van der Waals surface area contributed by atoms with Crippen LogP contribution in [0.3, 0.4) is 0 Å². The van der Waals surface area contributed by atoms with Gasteiger partial charge in [0.25, 0.3) is 0 Å². The van der Waals surface area contributed by atoms with Crippen LogP contribution in [0.5, 0.6) is 0 Å². The van der Waals surface area contributed by atoms with E-state index in [1.54, 1.807) is 0 Å². The molecule has 0 aromatic carbocycles. The van der Waals surface area contributed by atoms with E-state index in [4.69, 9.17) is 0 Å². The Morgan fingerprint density at radius 3 is 2.58 bits per heavy atom. The summed E-state index contributed by atoms with van der Waals surface area (Å²) in [6.07, 6.45) is 3.62. The first kappa shape index (κ1) is 13.8. The van der Waals surface area contributed by atoms with Gasteiger partial charge in [-0.15, -0.1) is 11.3 Å². The molecule has 1 aromatic heterocycles. The van der Waals surface area contributed by atoms with Crippen LogP contribution in [-0.4, -0.2) is 27.6 Å². The van der Waals surface area contributed by atoms with Crippen molar-refractivity contribution in [2.75, 3.05) is 5.32 Å². The molecule has 0 saturated heterocycles. The summed E-state index contributed by atoms with van der Waals surface area (Å²) in [7, 11) is 0. The quantitative estimate of drug-likeness (QED) is 0.794. The zero-order chi connectivity index (χ0) is 13.9. The second kappa shape index (κ2) is 5.56. The highest BCUT2D eigenvalue weighted by Crippen LogP contribution is 2.28. The summed E-state index contributed by atoms with van der Waals surface area (Å²) in [6, 6.07) is -0.501. The molecule has 104 valence electrons. The number of hydrogen-bond donors (Lipinski definition) is 3. The lowest BCUT2D eigenvalue weighted by atomic mass is 9.82. The maximum atomic E-state index is 11.9. The number of carbonyl (C=O) groups is 2. The number of carboxylic acids is 1. The lowest BCUT2D eigenvalue weighted by Crippen LogP contribution is -2.56. The molecule has 0 unspecified atom stereocenters. The topological polar surface area (TPSA) is 91.3 Å². The van der Waals surface area contributed by atoms with Gasteiger partial charge in [0.05, 0.1) is 5.69 Å². The Hall–Kier alpha value is -1.63. The van der Waals surface area contributed by atoms with Gasteiger partial charge < -0.3 is 10.4 Å². The number of urea groups is 1. The van der Waals surface area contributed by atoms with E-state index >= 15 is 0 Å². The molecule has 0 bridgehead atoms. The summed E-state index contributed by atoms with van der Waals surface area (Å²) in [6.45, 7) is 1.83. The number of amides is 2.